The molecule has 0 aromatic heterocycles. The number of carboxylic acid groups (broad SMARTS) is 1. The van der Waals surface area contributed by atoms with Gasteiger partial charge in [0.15, 0.2) is 0 Å². The van der Waals surface area contributed by atoms with Crippen LogP contribution in [-0.2, 0) is 14.3 Å². The van der Waals surface area contributed by atoms with Crippen molar-refractivity contribution in [3.05, 3.63) is 0 Å². The summed E-state index contributed by atoms with van der Waals surface area (Å²) in [6, 6.07) is 0. The maximum Gasteiger partial charge on any atom is 0.306 e. The van der Waals surface area contributed by atoms with Gasteiger partial charge in [0.25, 0.3) is 0 Å². The normalized spacial score (nSPS) is 10.1. The Bertz CT molecular complexity index is 189. The van der Waals surface area contributed by atoms with Gasteiger partial charge in [-0.2, -0.15) is 0 Å². The molecule has 0 spiro atoms. The van der Waals surface area contributed by atoms with Gasteiger partial charge < -0.3 is 22.3 Å². The first kappa shape index (κ1) is 14.7. The Hall–Kier alpha value is -0.770. The summed E-state index contributed by atoms with van der Waals surface area (Å²) in [7, 11) is 1.29. The highest BCUT2D eigenvalue weighted by atomic mass is 35.5. The van der Waals surface area contributed by atoms with E-state index < -0.39 is 11.4 Å². The van der Waals surface area contributed by atoms with Gasteiger partial charge in [0, 0.05) is 0 Å². The molecule has 0 heterocycles. The lowest BCUT2D eigenvalue weighted by atomic mass is 9.86. The average Bonchev–Trinajstić information content (AvgIpc) is 1.83. The number of hydrogen-bond acceptors (Lipinski definition) is 3. The summed E-state index contributed by atoms with van der Waals surface area (Å²) in [6.45, 7) is 3.44. The van der Waals surface area contributed by atoms with Crippen LogP contribution in [0.4, 0.5) is 0 Å². The number of ether oxygens (including phenoxy) is 1. The van der Waals surface area contributed by atoms with Gasteiger partial charge in [0.2, 0.25) is 0 Å². The van der Waals surface area contributed by atoms with Crippen molar-refractivity contribution in [2.24, 2.45) is 5.41 Å². The van der Waals surface area contributed by atoms with Crippen molar-refractivity contribution in [2.45, 2.75) is 26.7 Å². The molecule has 4 nitrogen and oxygen atoms in total. The van der Waals surface area contributed by atoms with E-state index in [1.54, 1.807) is 13.8 Å². The molecule has 0 atom stereocenters. The van der Waals surface area contributed by atoms with Crippen LogP contribution in [0.2, 0.25) is 0 Å². The second-order valence-corrected chi connectivity index (χ2v) is 3.49. The van der Waals surface area contributed by atoms with Crippen LogP contribution >= 0.6 is 0 Å². The van der Waals surface area contributed by atoms with Crippen molar-refractivity contribution in [3.63, 3.8) is 0 Å². The first-order chi connectivity index (χ1) is 5.37. The van der Waals surface area contributed by atoms with Crippen molar-refractivity contribution in [1.82, 2.24) is 0 Å². The van der Waals surface area contributed by atoms with Crippen LogP contribution in [0.15, 0.2) is 0 Å². The Morgan fingerprint density at radius 2 is 1.77 bits per heavy atom. The molecule has 13 heavy (non-hydrogen) atoms. The van der Waals surface area contributed by atoms with Gasteiger partial charge >= 0.3 is 11.9 Å². The lowest BCUT2D eigenvalue weighted by molar-refractivity contribution is -0.145. The van der Waals surface area contributed by atoms with Crippen LogP contribution in [0.25, 0.3) is 0 Å². The standard InChI is InChI=1S/C8H14O4.ClH/c1-8(2,4-6(9)10)5-7(11)12-3;/h4-5H2,1-3H3,(H,9,10);1H/p-1. The van der Waals surface area contributed by atoms with Gasteiger partial charge in [0.05, 0.1) is 20.0 Å². The van der Waals surface area contributed by atoms with Crippen LogP contribution < -0.4 is 12.4 Å². The minimum absolute atomic E-state index is 0. The molecular weight excluding hydrogens is 196 g/mol. The van der Waals surface area contributed by atoms with E-state index in [2.05, 4.69) is 4.74 Å². The second kappa shape index (κ2) is 5.80. The summed E-state index contributed by atoms with van der Waals surface area (Å²) in [5.74, 6) is -1.27. The lowest BCUT2D eigenvalue weighted by Crippen LogP contribution is -3.00. The Morgan fingerprint density at radius 1 is 1.31 bits per heavy atom. The number of carbonyl (C=O) groups is 2. The van der Waals surface area contributed by atoms with Gasteiger partial charge in [-0.15, -0.1) is 0 Å². The van der Waals surface area contributed by atoms with E-state index >= 15 is 0 Å². The van der Waals surface area contributed by atoms with Crippen LogP contribution in [0.1, 0.15) is 26.7 Å². The van der Waals surface area contributed by atoms with Crippen molar-refractivity contribution in [3.8, 4) is 0 Å². The van der Waals surface area contributed by atoms with E-state index in [1.165, 1.54) is 7.11 Å². The molecule has 0 rings (SSSR count). The molecule has 0 aliphatic rings. The Labute approximate surface area is 83.7 Å². The van der Waals surface area contributed by atoms with Crippen molar-refractivity contribution >= 4 is 11.9 Å². The molecule has 0 fully saturated rings. The zero-order chi connectivity index (χ0) is 9.78. The maximum absolute atomic E-state index is 10.8. The highest BCUT2D eigenvalue weighted by molar-refractivity contribution is 5.72. The Morgan fingerprint density at radius 3 is 2.08 bits per heavy atom. The second-order valence-electron chi connectivity index (χ2n) is 3.49. The summed E-state index contributed by atoms with van der Waals surface area (Å²) in [5.41, 5.74) is -0.529. The molecule has 1 N–H and O–H groups in total. The summed E-state index contributed by atoms with van der Waals surface area (Å²) in [4.78, 5) is 21.1. The van der Waals surface area contributed by atoms with Gasteiger partial charge in [0.1, 0.15) is 0 Å². The van der Waals surface area contributed by atoms with E-state index in [1.807, 2.05) is 0 Å². The first-order valence-corrected chi connectivity index (χ1v) is 3.66. The summed E-state index contributed by atoms with van der Waals surface area (Å²) >= 11 is 0. The van der Waals surface area contributed by atoms with Crippen LogP contribution in [0.3, 0.4) is 0 Å². The van der Waals surface area contributed by atoms with Gasteiger partial charge in [-0.1, -0.05) is 13.8 Å². The number of esters is 1. The molecule has 0 radical (unpaired) electrons. The van der Waals surface area contributed by atoms with Crippen molar-refractivity contribution in [1.29, 1.82) is 0 Å². The third kappa shape index (κ3) is 7.59. The Balaban J connectivity index is 0. The smallest absolute Gasteiger partial charge is 0.306 e. The van der Waals surface area contributed by atoms with Crippen LogP contribution in [0.5, 0.6) is 0 Å². The molecule has 0 bridgehead atoms. The minimum atomic E-state index is -0.899. The first-order valence-electron chi connectivity index (χ1n) is 3.66. The predicted octanol–water partition coefficient (Wildman–Crippen LogP) is -1.95. The molecule has 0 saturated carbocycles. The third-order valence-electron chi connectivity index (χ3n) is 1.48. The lowest BCUT2D eigenvalue weighted by Gasteiger charge is -2.19. The van der Waals surface area contributed by atoms with Gasteiger partial charge in [-0.25, -0.2) is 0 Å². The Kier molecular flexibility index (Phi) is 6.58. The number of carboxylic acids is 1. The molecular formula is C8H14ClO4-. The number of halogens is 1. The van der Waals surface area contributed by atoms with Crippen LogP contribution in [0, 0.1) is 5.41 Å². The van der Waals surface area contributed by atoms with Crippen molar-refractivity contribution < 1.29 is 31.8 Å². The third-order valence-corrected chi connectivity index (χ3v) is 1.48. The molecule has 0 aromatic rings. The summed E-state index contributed by atoms with van der Waals surface area (Å²) < 4.78 is 4.44. The highest BCUT2D eigenvalue weighted by Crippen LogP contribution is 2.25. The highest BCUT2D eigenvalue weighted by Gasteiger charge is 2.25. The van der Waals surface area contributed by atoms with E-state index in [0.717, 1.165) is 0 Å². The fourth-order valence-electron chi connectivity index (χ4n) is 0.935. The van der Waals surface area contributed by atoms with Gasteiger partial charge in [-0.05, 0) is 5.41 Å². The molecule has 0 unspecified atom stereocenters. The molecule has 0 aliphatic carbocycles. The average molecular weight is 210 g/mol. The fraction of sp³-hybridized carbons (Fsp3) is 0.750. The predicted molar refractivity (Wildman–Crippen MR) is 42.7 cm³/mol. The monoisotopic (exact) mass is 209 g/mol. The fourth-order valence-corrected chi connectivity index (χ4v) is 0.935. The summed E-state index contributed by atoms with van der Waals surface area (Å²) in [6.07, 6.45) is 0.109. The SMILES string of the molecule is COC(=O)CC(C)(C)CC(=O)O.[Cl-]. The number of hydrogen-bond donors (Lipinski definition) is 1. The van der Waals surface area contributed by atoms with Gasteiger partial charge in [-0.3, -0.25) is 9.59 Å². The zero-order valence-corrected chi connectivity index (χ0v) is 8.72. The maximum atomic E-state index is 10.8. The van der Waals surface area contributed by atoms with Crippen molar-refractivity contribution in [2.75, 3.05) is 7.11 Å². The largest absolute Gasteiger partial charge is 1.00 e. The molecule has 78 valence electrons. The molecule has 5 heteroatoms. The molecule has 0 aromatic carbocycles. The number of aliphatic carboxylic acids is 1. The molecule has 0 aliphatic heterocycles. The molecule has 0 saturated heterocycles. The molecule has 0 amide bonds. The van der Waals surface area contributed by atoms with E-state index in [9.17, 15) is 9.59 Å². The quantitative estimate of drug-likeness (QED) is 0.547. The number of carbonyl (C=O) groups excluding carboxylic acids is 1. The number of rotatable bonds is 4. The topological polar surface area (TPSA) is 63.6 Å². The van der Waals surface area contributed by atoms with E-state index in [-0.39, 0.29) is 31.2 Å². The summed E-state index contributed by atoms with van der Waals surface area (Å²) in [5, 5.41) is 8.48. The van der Waals surface area contributed by atoms with E-state index in [4.69, 9.17) is 5.11 Å². The van der Waals surface area contributed by atoms with Crippen LogP contribution in [-0.4, -0.2) is 24.2 Å². The number of methoxy groups -OCH3 is 1. The minimum Gasteiger partial charge on any atom is -1.00 e. The zero-order valence-electron chi connectivity index (χ0n) is 7.96. The van der Waals surface area contributed by atoms with E-state index in [0.29, 0.717) is 0 Å².